The van der Waals surface area contributed by atoms with Gasteiger partial charge in [-0.1, -0.05) is 67.5 Å². The molecule has 0 unspecified atom stereocenters. The number of aryl methyl sites for hydroxylation is 2. The van der Waals surface area contributed by atoms with E-state index in [0.29, 0.717) is 0 Å². The van der Waals surface area contributed by atoms with Gasteiger partial charge in [-0.15, -0.1) is 0 Å². The van der Waals surface area contributed by atoms with Gasteiger partial charge in [0.05, 0.1) is 0 Å². The lowest BCUT2D eigenvalue weighted by Gasteiger charge is -2.39. The summed E-state index contributed by atoms with van der Waals surface area (Å²) in [5.74, 6) is 0. The normalized spacial score (nSPS) is 13.2. The summed E-state index contributed by atoms with van der Waals surface area (Å²) < 4.78 is 2.25. The number of benzene rings is 1. The van der Waals surface area contributed by atoms with E-state index in [4.69, 9.17) is 0 Å². The first kappa shape index (κ1) is 19.7. The molecule has 0 aliphatic rings. The Morgan fingerprint density at radius 3 is 1.88 bits per heavy atom. The van der Waals surface area contributed by atoms with Crippen molar-refractivity contribution in [1.29, 1.82) is 0 Å². The summed E-state index contributed by atoms with van der Waals surface area (Å²) in [7, 11) is 2.15. The maximum atomic E-state index is 2.39. The molecule has 1 aromatic heterocycles. The molecule has 25 heavy (non-hydrogen) atoms. The lowest BCUT2D eigenvalue weighted by Crippen LogP contribution is -2.37. The van der Waals surface area contributed by atoms with Crippen LogP contribution in [0.1, 0.15) is 72.1 Å². The van der Waals surface area contributed by atoms with Crippen molar-refractivity contribution >= 4 is 0 Å². The van der Waals surface area contributed by atoms with Crippen LogP contribution in [-0.2, 0) is 17.9 Å². The number of hydrogen-bond donors (Lipinski definition) is 0. The molecule has 0 amide bonds. The summed E-state index contributed by atoms with van der Waals surface area (Å²) >= 11 is 0. The van der Waals surface area contributed by atoms with Crippen molar-refractivity contribution in [3.8, 4) is 11.3 Å². The molecular weight excluding hydrogens is 302 g/mol. The molecule has 136 valence electrons. The number of nitrogens with zero attached hydrogens (tertiary/aromatic N) is 1. The minimum Gasteiger partial charge on any atom is -0.201 e. The van der Waals surface area contributed by atoms with Crippen LogP contribution in [-0.4, -0.2) is 0 Å². The average Bonchev–Trinajstić information content (AvgIpc) is 2.46. The van der Waals surface area contributed by atoms with Crippen molar-refractivity contribution in [2.75, 3.05) is 0 Å². The Balaban J connectivity index is 2.67. The van der Waals surface area contributed by atoms with Gasteiger partial charge in [0, 0.05) is 17.7 Å². The van der Waals surface area contributed by atoms with E-state index in [2.05, 4.69) is 110 Å². The van der Waals surface area contributed by atoms with Gasteiger partial charge >= 0.3 is 0 Å². The smallest absolute Gasteiger partial charge is 0.201 e. The van der Waals surface area contributed by atoms with Crippen molar-refractivity contribution in [2.24, 2.45) is 12.5 Å². The van der Waals surface area contributed by atoms with E-state index in [1.807, 2.05) is 0 Å². The second kappa shape index (κ2) is 6.27. The Morgan fingerprint density at radius 1 is 0.760 bits per heavy atom. The molecule has 1 heterocycles. The van der Waals surface area contributed by atoms with Gasteiger partial charge in [0.25, 0.3) is 0 Å². The van der Waals surface area contributed by atoms with Crippen molar-refractivity contribution in [3.63, 3.8) is 0 Å². The summed E-state index contributed by atoms with van der Waals surface area (Å²) in [5, 5.41) is 0. The molecule has 0 aliphatic carbocycles. The first-order valence-corrected chi connectivity index (χ1v) is 9.37. The highest BCUT2D eigenvalue weighted by Gasteiger charge is 2.35. The third-order valence-electron chi connectivity index (χ3n) is 6.13. The summed E-state index contributed by atoms with van der Waals surface area (Å²) in [6, 6.07) is 11.6. The average molecular weight is 339 g/mol. The van der Waals surface area contributed by atoms with Gasteiger partial charge < -0.3 is 0 Å². The van der Waals surface area contributed by atoms with Crippen LogP contribution in [0.4, 0.5) is 0 Å². The molecule has 0 N–H and O–H groups in total. The fourth-order valence-electron chi connectivity index (χ4n) is 3.02. The number of aromatic nitrogens is 1. The molecule has 0 bridgehead atoms. The van der Waals surface area contributed by atoms with Crippen LogP contribution in [0.5, 0.6) is 0 Å². The number of rotatable bonds is 2. The van der Waals surface area contributed by atoms with Crippen molar-refractivity contribution in [1.82, 2.24) is 0 Å². The zero-order valence-corrected chi connectivity index (χ0v) is 17.9. The minimum absolute atomic E-state index is 0.103. The van der Waals surface area contributed by atoms with Gasteiger partial charge in [-0.25, -0.2) is 4.57 Å². The van der Waals surface area contributed by atoms with E-state index >= 15 is 0 Å². The Kier molecular flexibility index (Phi) is 4.94. The van der Waals surface area contributed by atoms with Crippen LogP contribution in [0.25, 0.3) is 11.3 Å². The lowest BCUT2D eigenvalue weighted by molar-refractivity contribution is -0.660. The Bertz CT molecular complexity index is 768. The van der Waals surface area contributed by atoms with E-state index < -0.39 is 0 Å². The van der Waals surface area contributed by atoms with Crippen molar-refractivity contribution in [3.05, 3.63) is 53.2 Å². The molecule has 1 heteroatoms. The fourth-order valence-corrected chi connectivity index (χ4v) is 3.02. The predicted octanol–water partition coefficient (Wildman–Crippen LogP) is 6.11. The molecule has 2 rings (SSSR count). The van der Waals surface area contributed by atoms with Gasteiger partial charge in [0.2, 0.25) is 5.69 Å². The van der Waals surface area contributed by atoms with Crippen LogP contribution in [0.3, 0.4) is 0 Å². The number of pyridine rings is 1. The van der Waals surface area contributed by atoms with Crippen LogP contribution < -0.4 is 4.57 Å². The second-order valence-electron chi connectivity index (χ2n) is 10.1. The fraction of sp³-hybridized carbons (Fsp3) is 0.542. The molecule has 0 radical (unpaired) electrons. The molecule has 0 spiro atoms. The quantitative estimate of drug-likeness (QED) is 0.582. The van der Waals surface area contributed by atoms with Crippen molar-refractivity contribution in [2.45, 2.75) is 73.1 Å². The Morgan fingerprint density at radius 2 is 1.36 bits per heavy atom. The molecule has 1 aromatic carbocycles. The topological polar surface area (TPSA) is 3.88 Å². The molecule has 2 aromatic rings. The van der Waals surface area contributed by atoms with Gasteiger partial charge in [-0.2, -0.15) is 0 Å². The van der Waals surface area contributed by atoms with E-state index in [-0.39, 0.29) is 16.2 Å². The van der Waals surface area contributed by atoms with Gasteiger partial charge in [0.15, 0.2) is 6.20 Å². The largest absolute Gasteiger partial charge is 0.212 e. The van der Waals surface area contributed by atoms with E-state index in [1.165, 1.54) is 27.9 Å². The second-order valence-corrected chi connectivity index (χ2v) is 10.1. The number of hydrogen-bond acceptors (Lipinski definition) is 0. The van der Waals surface area contributed by atoms with E-state index in [1.54, 1.807) is 0 Å². The standard InChI is InChI=1S/C24H36N/c1-17-11-12-18(22(2,3)4)15-20(17)21-16-19(13-14-25(21)10)24(8,9)23(5,6)7/h11-16H,1-10H3/q+1. The zero-order chi connectivity index (χ0) is 19.2. The molecule has 1 nitrogen and oxygen atoms in total. The third kappa shape index (κ3) is 3.81. The Labute approximate surface area is 155 Å². The zero-order valence-electron chi connectivity index (χ0n) is 17.9. The summed E-state index contributed by atoms with van der Waals surface area (Å²) in [6.07, 6.45) is 2.21. The van der Waals surface area contributed by atoms with Gasteiger partial charge in [0.1, 0.15) is 7.05 Å². The molecule has 0 aliphatic heterocycles. The highest BCUT2D eigenvalue weighted by atomic mass is 14.9. The highest BCUT2D eigenvalue weighted by Crippen LogP contribution is 2.41. The molecule has 0 saturated heterocycles. The molecule has 0 atom stereocenters. The SMILES string of the molecule is Cc1ccc(C(C)(C)C)cc1-c1cc(C(C)(C)C(C)(C)C)cc[n+]1C. The van der Waals surface area contributed by atoms with Gasteiger partial charge in [-0.05, 0) is 45.9 Å². The first-order chi connectivity index (χ1) is 11.2. The highest BCUT2D eigenvalue weighted by molar-refractivity contribution is 5.63. The third-order valence-corrected chi connectivity index (χ3v) is 6.13. The summed E-state index contributed by atoms with van der Waals surface area (Å²) in [6.45, 7) is 20.7. The van der Waals surface area contributed by atoms with Crippen LogP contribution in [0.15, 0.2) is 36.5 Å². The van der Waals surface area contributed by atoms with Crippen molar-refractivity contribution < 1.29 is 4.57 Å². The predicted molar refractivity (Wildman–Crippen MR) is 109 cm³/mol. The van der Waals surface area contributed by atoms with E-state index in [9.17, 15) is 0 Å². The molecule has 0 saturated carbocycles. The maximum absolute atomic E-state index is 2.39. The van der Waals surface area contributed by atoms with Crippen LogP contribution in [0, 0.1) is 12.3 Å². The van der Waals surface area contributed by atoms with E-state index in [0.717, 1.165) is 0 Å². The van der Waals surface area contributed by atoms with Crippen LogP contribution >= 0.6 is 0 Å². The minimum atomic E-state index is 0.103. The van der Waals surface area contributed by atoms with Crippen LogP contribution in [0.2, 0.25) is 0 Å². The Hall–Kier alpha value is -1.63. The lowest BCUT2D eigenvalue weighted by atomic mass is 9.65. The van der Waals surface area contributed by atoms with Gasteiger partial charge in [-0.3, -0.25) is 0 Å². The molecule has 0 fully saturated rings. The summed E-state index contributed by atoms with van der Waals surface area (Å²) in [5.41, 5.74) is 7.19. The summed E-state index contributed by atoms with van der Waals surface area (Å²) in [4.78, 5) is 0. The first-order valence-electron chi connectivity index (χ1n) is 9.37. The monoisotopic (exact) mass is 338 g/mol. The maximum Gasteiger partial charge on any atom is 0.212 e. The molecular formula is C24H36N+.